The molecule has 0 unspecified atom stereocenters. The van der Waals surface area contributed by atoms with Crippen molar-refractivity contribution in [2.24, 2.45) is 5.73 Å². The van der Waals surface area contributed by atoms with Gasteiger partial charge in [-0.2, -0.15) is 0 Å². The number of amides is 1. The lowest BCUT2D eigenvalue weighted by atomic mass is 10.0. The molecule has 2 N–H and O–H groups in total. The molecule has 1 aromatic rings. The Labute approximate surface area is 111 Å². The van der Waals surface area contributed by atoms with E-state index in [1.165, 1.54) is 6.07 Å². The van der Waals surface area contributed by atoms with Gasteiger partial charge in [-0.15, -0.1) is 11.8 Å². The summed E-state index contributed by atoms with van der Waals surface area (Å²) in [5, 5.41) is 0. The molecule has 0 saturated carbocycles. The summed E-state index contributed by atoms with van der Waals surface area (Å²) in [4.78, 5) is 13.7. The molecule has 1 heterocycles. The molecule has 18 heavy (non-hydrogen) atoms. The standard InChI is InChI=1S/C13H17FN2OS/c14-12-4-2-1-3-10(12)7-11(15)8-13(17)16-5-6-18-9-16/h1-4,11H,5-9,15H2/t11-/m1/s1. The fourth-order valence-electron chi connectivity index (χ4n) is 1.98. The molecule has 1 aliphatic heterocycles. The Hall–Kier alpha value is -1.07. The first-order valence-electron chi connectivity index (χ1n) is 6.01. The number of thioether (sulfide) groups is 1. The number of carbonyl (C=O) groups excluding carboxylic acids is 1. The minimum Gasteiger partial charge on any atom is -0.333 e. The molecule has 1 saturated heterocycles. The summed E-state index contributed by atoms with van der Waals surface area (Å²) in [6.07, 6.45) is 0.689. The van der Waals surface area contributed by atoms with Crippen LogP contribution < -0.4 is 5.73 Å². The lowest BCUT2D eigenvalue weighted by molar-refractivity contribution is -0.130. The predicted molar refractivity (Wildman–Crippen MR) is 71.7 cm³/mol. The van der Waals surface area contributed by atoms with Gasteiger partial charge in [-0.25, -0.2) is 4.39 Å². The van der Waals surface area contributed by atoms with Gasteiger partial charge in [-0.05, 0) is 18.1 Å². The van der Waals surface area contributed by atoms with E-state index in [1.807, 2.05) is 4.90 Å². The van der Waals surface area contributed by atoms with Crippen LogP contribution in [0.3, 0.4) is 0 Å². The van der Waals surface area contributed by atoms with Gasteiger partial charge >= 0.3 is 0 Å². The Balaban J connectivity index is 1.86. The average Bonchev–Trinajstić information content (AvgIpc) is 2.85. The average molecular weight is 268 g/mol. The molecular weight excluding hydrogens is 251 g/mol. The van der Waals surface area contributed by atoms with Gasteiger partial charge in [0, 0.05) is 24.8 Å². The number of benzene rings is 1. The largest absolute Gasteiger partial charge is 0.333 e. The van der Waals surface area contributed by atoms with Crippen LogP contribution in [0.5, 0.6) is 0 Å². The minimum absolute atomic E-state index is 0.0730. The van der Waals surface area contributed by atoms with Crippen molar-refractivity contribution >= 4 is 17.7 Å². The Morgan fingerprint density at radius 2 is 2.28 bits per heavy atom. The zero-order chi connectivity index (χ0) is 13.0. The van der Waals surface area contributed by atoms with Gasteiger partial charge in [0.2, 0.25) is 5.91 Å². The third-order valence-corrected chi connectivity index (χ3v) is 3.95. The number of hydrogen-bond donors (Lipinski definition) is 1. The summed E-state index contributed by atoms with van der Waals surface area (Å²) in [5.41, 5.74) is 6.50. The van der Waals surface area contributed by atoms with E-state index in [-0.39, 0.29) is 24.2 Å². The highest BCUT2D eigenvalue weighted by atomic mass is 32.2. The molecule has 0 spiro atoms. The molecule has 0 bridgehead atoms. The summed E-state index contributed by atoms with van der Waals surface area (Å²) in [6, 6.07) is 6.24. The van der Waals surface area contributed by atoms with Crippen LogP contribution in [0.4, 0.5) is 4.39 Å². The SMILES string of the molecule is N[C@@H](CC(=O)N1CCSC1)Cc1ccccc1F. The maximum absolute atomic E-state index is 13.4. The Morgan fingerprint density at radius 1 is 1.50 bits per heavy atom. The molecule has 98 valence electrons. The molecule has 0 radical (unpaired) electrons. The zero-order valence-corrected chi connectivity index (χ0v) is 11.0. The maximum atomic E-state index is 13.4. The Morgan fingerprint density at radius 3 is 2.94 bits per heavy atom. The third-order valence-electron chi connectivity index (χ3n) is 2.98. The summed E-state index contributed by atoms with van der Waals surface area (Å²) in [7, 11) is 0. The second-order valence-electron chi connectivity index (χ2n) is 4.45. The molecule has 5 heteroatoms. The molecular formula is C13H17FN2OS. The first-order valence-corrected chi connectivity index (χ1v) is 7.17. The van der Waals surface area contributed by atoms with Gasteiger partial charge in [0.1, 0.15) is 5.82 Å². The second kappa shape index (κ2) is 6.20. The number of hydrogen-bond acceptors (Lipinski definition) is 3. The Kier molecular flexibility index (Phi) is 4.60. The lowest BCUT2D eigenvalue weighted by Crippen LogP contribution is -2.35. The van der Waals surface area contributed by atoms with E-state index in [9.17, 15) is 9.18 Å². The smallest absolute Gasteiger partial charge is 0.224 e. The van der Waals surface area contributed by atoms with E-state index in [4.69, 9.17) is 5.73 Å². The third kappa shape index (κ3) is 3.46. The highest BCUT2D eigenvalue weighted by molar-refractivity contribution is 7.99. The van der Waals surface area contributed by atoms with E-state index in [2.05, 4.69) is 0 Å². The van der Waals surface area contributed by atoms with Crippen LogP contribution >= 0.6 is 11.8 Å². The van der Waals surface area contributed by atoms with Crippen molar-refractivity contribution in [2.45, 2.75) is 18.9 Å². The molecule has 1 amide bonds. The minimum atomic E-state index is -0.319. The van der Waals surface area contributed by atoms with Crippen molar-refractivity contribution in [3.8, 4) is 0 Å². The van der Waals surface area contributed by atoms with Crippen LogP contribution in [0.25, 0.3) is 0 Å². The molecule has 1 aromatic carbocycles. The van der Waals surface area contributed by atoms with Crippen molar-refractivity contribution in [3.05, 3.63) is 35.6 Å². The number of rotatable bonds is 4. The van der Waals surface area contributed by atoms with Gasteiger partial charge in [0.15, 0.2) is 0 Å². The van der Waals surface area contributed by atoms with Gasteiger partial charge in [0.25, 0.3) is 0 Å². The van der Waals surface area contributed by atoms with E-state index >= 15 is 0 Å². The fraction of sp³-hybridized carbons (Fsp3) is 0.462. The number of nitrogens with two attached hydrogens (primary N) is 1. The topological polar surface area (TPSA) is 46.3 Å². The molecule has 0 aromatic heterocycles. The molecule has 3 nitrogen and oxygen atoms in total. The quantitative estimate of drug-likeness (QED) is 0.902. The van der Waals surface area contributed by atoms with Crippen LogP contribution in [0.1, 0.15) is 12.0 Å². The highest BCUT2D eigenvalue weighted by Crippen LogP contribution is 2.16. The normalized spacial score (nSPS) is 16.9. The molecule has 1 fully saturated rings. The van der Waals surface area contributed by atoms with Gasteiger partial charge in [-0.1, -0.05) is 18.2 Å². The van der Waals surface area contributed by atoms with Crippen LogP contribution in [0.15, 0.2) is 24.3 Å². The molecule has 1 atom stereocenters. The van der Waals surface area contributed by atoms with Crippen molar-refractivity contribution in [1.82, 2.24) is 4.90 Å². The van der Waals surface area contributed by atoms with E-state index < -0.39 is 0 Å². The summed E-state index contributed by atoms with van der Waals surface area (Å²) >= 11 is 1.75. The van der Waals surface area contributed by atoms with E-state index in [0.29, 0.717) is 12.0 Å². The highest BCUT2D eigenvalue weighted by Gasteiger charge is 2.20. The predicted octanol–water partition coefficient (Wildman–Crippen LogP) is 1.62. The fourth-order valence-corrected chi connectivity index (χ4v) is 2.95. The molecule has 2 rings (SSSR count). The maximum Gasteiger partial charge on any atom is 0.224 e. The number of halogens is 1. The molecule has 0 aliphatic carbocycles. The Bertz CT molecular complexity index is 421. The first kappa shape index (κ1) is 13.4. The van der Waals surface area contributed by atoms with Gasteiger partial charge in [-0.3, -0.25) is 4.79 Å². The number of nitrogens with zero attached hydrogens (tertiary/aromatic N) is 1. The number of carbonyl (C=O) groups is 1. The summed E-state index contributed by atoms with van der Waals surface area (Å²) in [6.45, 7) is 0.802. The second-order valence-corrected chi connectivity index (χ2v) is 5.53. The van der Waals surface area contributed by atoms with Crippen LogP contribution in [-0.4, -0.2) is 35.0 Å². The zero-order valence-electron chi connectivity index (χ0n) is 10.1. The van der Waals surface area contributed by atoms with E-state index in [0.717, 1.165) is 18.2 Å². The summed E-state index contributed by atoms with van der Waals surface area (Å²) in [5.74, 6) is 1.57. The van der Waals surface area contributed by atoms with Crippen molar-refractivity contribution in [1.29, 1.82) is 0 Å². The summed E-state index contributed by atoms with van der Waals surface area (Å²) < 4.78 is 13.4. The van der Waals surface area contributed by atoms with E-state index in [1.54, 1.807) is 30.0 Å². The van der Waals surface area contributed by atoms with Crippen molar-refractivity contribution in [3.63, 3.8) is 0 Å². The monoisotopic (exact) mass is 268 g/mol. The molecule has 1 aliphatic rings. The van der Waals surface area contributed by atoms with Crippen LogP contribution in [-0.2, 0) is 11.2 Å². The van der Waals surface area contributed by atoms with Crippen LogP contribution in [0.2, 0.25) is 0 Å². The lowest BCUT2D eigenvalue weighted by Gasteiger charge is -2.17. The van der Waals surface area contributed by atoms with Crippen LogP contribution in [0, 0.1) is 5.82 Å². The van der Waals surface area contributed by atoms with Gasteiger partial charge < -0.3 is 10.6 Å². The first-order chi connectivity index (χ1) is 8.66. The van der Waals surface area contributed by atoms with Crippen molar-refractivity contribution in [2.75, 3.05) is 18.2 Å². The van der Waals surface area contributed by atoms with Crippen molar-refractivity contribution < 1.29 is 9.18 Å². The van der Waals surface area contributed by atoms with Gasteiger partial charge in [0.05, 0.1) is 5.88 Å².